The van der Waals surface area contributed by atoms with Gasteiger partial charge in [0.25, 0.3) is 0 Å². The van der Waals surface area contributed by atoms with Crippen LogP contribution in [0.15, 0.2) is 30.3 Å². The summed E-state index contributed by atoms with van der Waals surface area (Å²) in [5, 5.41) is 3.63. The van der Waals surface area contributed by atoms with Gasteiger partial charge in [0.2, 0.25) is 0 Å². The first-order valence-electron chi connectivity index (χ1n) is 7.60. The summed E-state index contributed by atoms with van der Waals surface area (Å²) in [4.78, 5) is 2.59. The highest BCUT2D eigenvalue weighted by Gasteiger charge is 2.26. The monoisotopic (exact) mass is 276 g/mol. The normalized spacial score (nSPS) is 21.1. The van der Waals surface area contributed by atoms with Gasteiger partial charge < -0.3 is 10.1 Å². The Labute approximate surface area is 123 Å². The maximum atomic E-state index is 5.23. The molecule has 0 amide bonds. The summed E-state index contributed by atoms with van der Waals surface area (Å²) < 4.78 is 5.23. The predicted molar refractivity (Wildman–Crippen MR) is 83.9 cm³/mol. The Balaban J connectivity index is 1.90. The summed E-state index contributed by atoms with van der Waals surface area (Å²) >= 11 is 0. The topological polar surface area (TPSA) is 24.5 Å². The number of ether oxygens (including phenoxy) is 1. The van der Waals surface area contributed by atoms with E-state index in [4.69, 9.17) is 4.74 Å². The highest BCUT2D eigenvalue weighted by molar-refractivity contribution is 5.19. The van der Waals surface area contributed by atoms with E-state index in [-0.39, 0.29) is 0 Å². The lowest BCUT2D eigenvalue weighted by Gasteiger charge is -2.38. The molecule has 0 aliphatic carbocycles. The minimum Gasteiger partial charge on any atom is -0.385 e. The highest BCUT2D eigenvalue weighted by Crippen LogP contribution is 2.24. The predicted octanol–water partition coefficient (Wildman–Crippen LogP) is 2.70. The number of benzene rings is 1. The van der Waals surface area contributed by atoms with Gasteiger partial charge in [-0.1, -0.05) is 44.2 Å². The Bertz CT molecular complexity index is 391. The van der Waals surface area contributed by atoms with E-state index < -0.39 is 0 Å². The molecule has 1 aliphatic rings. The first-order chi connectivity index (χ1) is 9.61. The molecule has 112 valence electrons. The summed E-state index contributed by atoms with van der Waals surface area (Å²) in [7, 11) is 1.78. The standard InChI is InChI=1S/C17H28N2O/c1-17(2,9-12-20-3)14-19-11-10-18-16(13-19)15-7-5-4-6-8-15/h4-8,16,18H,9-14H2,1-3H3. The van der Waals surface area contributed by atoms with Gasteiger partial charge in [-0.25, -0.2) is 0 Å². The molecule has 0 spiro atoms. The van der Waals surface area contributed by atoms with Crippen LogP contribution in [-0.4, -0.2) is 44.8 Å². The zero-order valence-corrected chi connectivity index (χ0v) is 13.1. The van der Waals surface area contributed by atoms with Crippen LogP contribution in [0, 0.1) is 5.41 Å². The molecule has 1 aromatic rings. The van der Waals surface area contributed by atoms with Crippen LogP contribution in [0.3, 0.4) is 0 Å². The van der Waals surface area contributed by atoms with E-state index in [0.717, 1.165) is 39.2 Å². The molecular weight excluding hydrogens is 248 g/mol. The van der Waals surface area contributed by atoms with Crippen molar-refractivity contribution in [2.75, 3.05) is 39.9 Å². The molecule has 1 heterocycles. The molecule has 0 aromatic heterocycles. The smallest absolute Gasteiger partial charge is 0.0467 e. The largest absolute Gasteiger partial charge is 0.385 e. The highest BCUT2D eigenvalue weighted by atomic mass is 16.5. The third-order valence-electron chi connectivity index (χ3n) is 4.10. The molecule has 1 aliphatic heterocycles. The van der Waals surface area contributed by atoms with Crippen molar-refractivity contribution >= 4 is 0 Å². The lowest BCUT2D eigenvalue weighted by Crippen LogP contribution is -2.48. The van der Waals surface area contributed by atoms with Gasteiger partial charge in [-0.2, -0.15) is 0 Å². The van der Waals surface area contributed by atoms with Gasteiger partial charge in [-0.15, -0.1) is 0 Å². The van der Waals surface area contributed by atoms with Crippen LogP contribution in [0.1, 0.15) is 31.9 Å². The maximum Gasteiger partial charge on any atom is 0.0467 e. The van der Waals surface area contributed by atoms with Crippen molar-refractivity contribution in [1.82, 2.24) is 10.2 Å². The zero-order valence-electron chi connectivity index (χ0n) is 13.1. The van der Waals surface area contributed by atoms with Crippen molar-refractivity contribution in [2.24, 2.45) is 5.41 Å². The van der Waals surface area contributed by atoms with Crippen molar-refractivity contribution < 1.29 is 4.74 Å². The molecule has 1 aromatic carbocycles. The first-order valence-corrected chi connectivity index (χ1v) is 7.60. The number of hydrogen-bond acceptors (Lipinski definition) is 3. The molecule has 0 radical (unpaired) electrons. The molecule has 3 heteroatoms. The fraction of sp³-hybridized carbons (Fsp3) is 0.647. The minimum atomic E-state index is 0.314. The Morgan fingerprint density at radius 3 is 2.75 bits per heavy atom. The number of nitrogens with zero attached hydrogens (tertiary/aromatic N) is 1. The number of piperazine rings is 1. The van der Waals surface area contributed by atoms with Gasteiger partial charge in [-0.3, -0.25) is 4.90 Å². The fourth-order valence-corrected chi connectivity index (χ4v) is 2.93. The molecule has 1 N–H and O–H groups in total. The Kier molecular flexibility index (Phi) is 5.58. The van der Waals surface area contributed by atoms with Crippen molar-refractivity contribution in [3.8, 4) is 0 Å². The van der Waals surface area contributed by atoms with Gasteiger partial charge in [-0.05, 0) is 17.4 Å². The van der Waals surface area contributed by atoms with E-state index in [1.807, 2.05) is 0 Å². The van der Waals surface area contributed by atoms with Crippen molar-refractivity contribution in [3.63, 3.8) is 0 Å². The summed E-state index contributed by atoms with van der Waals surface area (Å²) in [6.45, 7) is 9.97. The third kappa shape index (κ3) is 4.58. The number of nitrogens with one attached hydrogen (secondary N) is 1. The van der Waals surface area contributed by atoms with Gasteiger partial charge in [0.15, 0.2) is 0 Å². The molecule has 1 unspecified atom stereocenters. The minimum absolute atomic E-state index is 0.314. The molecule has 2 rings (SSSR count). The van der Waals surface area contributed by atoms with Gasteiger partial charge in [0.1, 0.15) is 0 Å². The fourth-order valence-electron chi connectivity index (χ4n) is 2.93. The van der Waals surface area contributed by atoms with Crippen LogP contribution in [0.25, 0.3) is 0 Å². The first kappa shape index (κ1) is 15.5. The summed E-state index contributed by atoms with van der Waals surface area (Å²) in [5.41, 5.74) is 1.71. The van der Waals surface area contributed by atoms with Crippen LogP contribution >= 0.6 is 0 Å². The second kappa shape index (κ2) is 7.21. The quantitative estimate of drug-likeness (QED) is 0.864. The van der Waals surface area contributed by atoms with Crippen molar-refractivity contribution in [1.29, 1.82) is 0 Å². The summed E-state index contributed by atoms with van der Waals surface area (Å²) in [6.07, 6.45) is 1.11. The number of hydrogen-bond donors (Lipinski definition) is 1. The van der Waals surface area contributed by atoms with E-state index in [1.54, 1.807) is 7.11 Å². The van der Waals surface area contributed by atoms with Crippen molar-refractivity contribution in [2.45, 2.75) is 26.3 Å². The average Bonchev–Trinajstić information content (AvgIpc) is 2.46. The Morgan fingerprint density at radius 2 is 2.05 bits per heavy atom. The molecule has 1 saturated heterocycles. The van der Waals surface area contributed by atoms with Crippen LogP contribution in [0.4, 0.5) is 0 Å². The van der Waals surface area contributed by atoms with Crippen LogP contribution in [0.5, 0.6) is 0 Å². The second-order valence-electron chi connectivity index (χ2n) is 6.56. The van der Waals surface area contributed by atoms with E-state index in [9.17, 15) is 0 Å². The molecule has 1 fully saturated rings. The number of rotatable bonds is 6. The summed E-state index contributed by atoms with van der Waals surface area (Å²) in [6, 6.07) is 11.2. The molecule has 1 atom stereocenters. The molecule has 0 saturated carbocycles. The van der Waals surface area contributed by atoms with Crippen LogP contribution < -0.4 is 5.32 Å². The van der Waals surface area contributed by atoms with E-state index >= 15 is 0 Å². The van der Waals surface area contributed by atoms with Crippen LogP contribution in [0.2, 0.25) is 0 Å². The van der Waals surface area contributed by atoms with E-state index in [1.165, 1.54) is 5.56 Å². The molecule has 3 nitrogen and oxygen atoms in total. The Hall–Kier alpha value is -0.900. The van der Waals surface area contributed by atoms with E-state index in [2.05, 4.69) is 54.4 Å². The van der Waals surface area contributed by atoms with Crippen molar-refractivity contribution in [3.05, 3.63) is 35.9 Å². The Morgan fingerprint density at radius 1 is 1.30 bits per heavy atom. The molecular formula is C17H28N2O. The second-order valence-corrected chi connectivity index (χ2v) is 6.56. The SMILES string of the molecule is COCCC(C)(C)CN1CCNC(c2ccccc2)C1. The number of methoxy groups -OCH3 is 1. The van der Waals surface area contributed by atoms with Gasteiger partial charge >= 0.3 is 0 Å². The maximum absolute atomic E-state index is 5.23. The zero-order chi connectivity index (χ0) is 14.4. The van der Waals surface area contributed by atoms with Gasteiger partial charge in [0.05, 0.1) is 0 Å². The lowest BCUT2D eigenvalue weighted by molar-refractivity contribution is 0.0992. The van der Waals surface area contributed by atoms with Gasteiger partial charge in [0, 0.05) is 45.9 Å². The van der Waals surface area contributed by atoms with E-state index in [0.29, 0.717) is 11.5 Å². The molecule has 0 bridgehead atoms. The lowest BCUT2D eigenvalue weighted by atomic mass is 9.88. The average molecular weight is 276 g/mol. The summed E-state index contributed by atoms with van der Waals surface area (Å²) in [5.74, 6) is 0. The third-order valence-corrected chi connectivity index (χ3v) is 4.10. The molecule has 20 heavy (non-hydrogen) atoms. The van der Waals surface area contributed by atoms with Crippen LogP contribution in [-0.2, 0) is 4.74 Å².